The van der Waals surface area contributed by atoms with E-state index in [0.717, 1.165) is 39.1 Å². The second-order valence-corrected chi connectivity index (χ2v) is 6.09. The zero-order valence-corrected chi connectivity index (χ0v) is 13.3. The maximum Gasteiger partial charge on any atom is 0.224 e. The van der Waals surface area contributed by atoms with E-state index in [1.54, 1.807) is 0 Å². The van der Waals surface area contributed by atoms with Gasteiger partial charge in [-0.25, -0.2) is 0 Å². The molecule has 0 saturated carbocycles. The lowest BCUT2D eigenvalue weighted by molar-refractivity contribution is -0.116. The van der Waals surface area contributed by atoms with Gasteiger partial charge in [-0.15, -0.1) is 0 Å². The van der Waals surface area contributed by atoms with Gasteiger partial charge in [0.15, 0.2) is 0 Å². The Kier molecular flexibility index (Phi) is 3.59. The van der Waals surface area contributed by atoms with Crippen LogP contribution in [0.4, 0.5) is 22.7 Å². The number of amides is 1. The summed E-state index contributed by atoms with van der Waals surface area (Å²) in [5.74, 6) is 0.0534. The monoisotopic (exact) mass is 345 g/mol. The number of halogens is 1. The smallest absolute Gasteiger partial charge is 0.224 e. The molecule has 5 heteroatoms. The highest BCUT2D eigenvalue weighted by Gasteiger charge is 2.16. The van der Waals surface area contributed by atoms with E-state index in [0.29, 0.717) is 12.1 Å². The zero-order chi connectivity index (χ0) is 15.0. The van der Waals surface area contributed by atoms with E-state index in [-0.39, 0.29) is 5.91 Å². The molecule has 0 aromatic heterocycles. The average Bonchev–Trinajstić information content (AvgIpc) is 2.44. The molecule has 3 rings (SSSR count). The molecular formula is C16H16BrN3O. The molecule has 0 fully saturated rings. The van der Waals surface area contributed by atoms with Gasteiger partial charge >= 0.3 is 0 Å². The molecule has 0 atom stereocenters. The van der Waals surface area contributed by atoms with Gasteiger partial charge in [-0.1, -0.05) is 15.9 Å². The Balaban J connectivity index is 1.93. The van der Waals surface area contributed by atoms with Crippen LogP contribution in [0.25, 0.3) is 0 Å². The Labute approximate surface area is 131 Å². The molecule has 21 heavy (non-hydrogen) atoms. The highest BCUT2D eigenvalue weighted by atomic mass is 79.9. The highest BCUT2D eigenvalue weighted by Crippen LogP contribution is 2.33. The van der Waals surface area contributed by atoms with Crippen molar-refractivity contribution in [2.24, 2.45) is 0 Å². The van der Waals surface area contributed by atoms with Crippen molar-refractivity contribution < 1.29 is 4.79 Å². The van der Waals surface area contributed by atoms with Crippen LogP contribution in [0.3, 0.4) is 0 Å². The van der Waals surface area contributed by atoms with Gasteiger partial charge in [0.25, 0.3) is 0 Å². The van der Waals surface area contributed by atoms with Crippen LogP contribution >= 0.6 is 15.9 Å². The van der Waals surface area contributed by atoms with E-state index >= 15 is 0 Å². The SMILES string of the molecule is Cc1cc(Nc2cc3c(cc2N)CCC(=O)N3)ccc1Br. The molecule has 4 N–H and O–H groups in total. The molecule has 0 unspecified atom stereocenters. The number of anilines is 4. The fourth-order valence-corrected chi connectivity index (χ4v) is 2.68. The molecule has 1 aliphatic rings. The van der Waals surface area contributed by atoms with Crippen LogP contribution < -0.4 is 16.4 Å². The number of hydrogen-bond donors (Lipinski definition) is 3. The summed E-state index contributed by atoms with van der Waals surface area (Å²) in [4.78, 5) is 11.5. The van der Waals surface area contributed by atoms with Gasteiger partial charge in [0.2, 0.25) is 5.91 Å². The molecule has 2 aromatic carbocycles. The van der Waals surface area contributed by atoms with Gasteiger partial charge in [-0.2, -0.15) is 0 Å². The summed E-state index contributed by atoms with van der Waals surface area (Å²) in [5, 5.41) is 6.20. The lowest BCUT2D eigenvalue weighted by Gasteiger charge is -2.20. The summed E-state index contributed by atoms with van der Waals surface area (Å²) in [7, 11) is 0. The molecule has 2 aromatic rings. The number of nitrogens with two attached hydrogens (primary N) is 1. The van der Waals surface area contributed by atoms with E-state index in [4.69, 9.17) is 5.73 Å². The summed E-state index contributed by atoms with van der Waals surface area (Å²) in [6, 6.07) is 9.85. The Morgan fingerprint density at radius 1 is 1.24 bits per heavy atom. The van der Waals surface area contributed by atoms with E-state index < -0.39 is 0 Å². The number of nitrogens with one attached hydrogen (secondary N) is 2. The minimum Gasteiger partial charge on any atom is -0.397 e. The van der Waals surface area contributed by atoms with Crippen molar-refractivity contribution in [3.05, 3.63) is 45.9 Å². The Morgan fingerprint density at radius 3 is 2.81 bits per heavy atom. The molecule has 1 aliphatic heterocycles. The maximum absolute atomic E-state index is 11.5. The first-order chi connectivity index (χ1) is 10.0. The van der Waals surface area contributed by atoms with Gasteiger partial charge in [0, 0.05) is 22.3 Å². The third-order valence-corrected chi connectivity index (χ3v) is 4.50. The predicted molar refractivity (Wildman–Crippen MR) is 90.0 cm³/mol. The normalized spacial score (nSPS) is 13.5. The van der Waals surface area contributed by atoms with Crippen molar-refractivity contribution >= 4 is 44.6 Å². The highest BCUT2D eigenvalue weighted by molar-refractivity contribution is 9.10. The second-order valence-electron chi connectivity index (χ2n) is 5.23. The standard InChI is InChI=1S/C16H16BrN3O/c1-9-6-11(3-4-12(9)17)19-15-8-14-10(7-13(15)18)2-5-16(21)20-14/h3-4,6-8,19H,2,5,18H2,1H3,(H,20,21). The number of fused-ring (bicyclic) bond motifs is 1. The number of carbonyl (C=O) groups excluding carboxylic acids is 1. The van der Waals surface area contributed by atoms with Crippen LogP contribution in [0.5, 0.6) is 0 Å². The molecule has 108 valence electrons. The quantitative estimate of drug-likeness (QED) is 0.721. The molecule has 0 spiro atoms. The van der Waals surface area contributed by atoms with Gasteiger partial charge in [0.1, 0.15) is 0 Å². The Hall–Kier alpha value is -2.01. The first-order valence-corrected chi connectivity index (χ1v) is 7.57. The molecule has 1 heterocycles. The fraction of sp³-hybridized carbons (Fsp3) is 0.188. The third kappa shape index (κ3) is 2.88. The number of hydrogen-bond acceptors (Lipinski definition) is 3. The van der Waals surface area contributed by atoms with Crippen LogP contribution in [0.1, 0.15) is 17.5 Å². The van der Waals surface area contributed by atoms with E-state index in [9.17, 15) is 4.79 Å². The number of aryl methyl sites for hydroxylation is 2. The Morgan fingerprint density at radius 2 is 2.05 bits per heavy atom. The number of benzene rings is 2. The first-order valence-electron chi connectivity index (χ1n) is 6.78. The summed E-state index contributed by atoms with van der Waals surface area (Å²) in [6.45, 7) is 2.03. The number of carbonyl (C=O) groups is 1. The van der Waals surface area contributed by atoms with Crippen molar-refractivity contribution in [1.82, 2.24) is 0 Å². The van der Waals surface area contributed by atoms with E-state index in [2.05, 4.69) is 26.6 Å². The van der Waals surface area contributed by atoms with Gasteiger partial charge in [-0.05, 0) is 54.8 Å². The minimum atomic E-state index is 0.0534. The largest absolute Gasteiger partial charge is 0.397 e. The molecule has 4 nitrogen and oxygen atoms in total. The van der Waals surface area contributed by atoms with Crippen LogP contribution in [0, 0.1) is 6.92 Å². The van der Waals surface area contributed by atoms with Crippen LogP contribution in [-0.2, 0) is 11.2 Å². The predicted octanol–water partition coefficient (Wildman–Crippen LogP) is 3.97. The maximum atomic E-state index is 11.5. The van der Waals surface area contributed by atoms with Crippen molar-refractivity contribution in [3.8, 4) is 0 Å². The topological polar surface area (TPSA) is 67.1 Å². The average molecular weight is 346 g/mol. The molecule has 0 saturated heterocycles. The first kappa shape index (κ1) is 13.9. The molecule has 1 amide bonds. The zero-order valence-electron chi connectivity index (χ0n) is 11.7. The third-order valence-electron chi connectivity index (χ3n) is 3.61. The van der Waals surface area contributed by atoms with Crippen LogP contribution in [0.2, 0.25) is 0 Å². The number of rotatable bonds is 2. The molecular weight excluding hydrogens is 330 g/mol. The van der Waals surface area contributed by atoms with Crippen LogP contribution in [-0.4, -0.2) is 5.91 Å². The fourth-order valence-electron chi connectivity index (χ4n) is 2.43. The van der Waals surface area contributed by atoms with E-state index in [1.807, 2.05) is 37.3 Å². The lowest BCUT2D eigenvalue weighted by Crippen LogP contribution is -2.19. The van der Waals surface area contributed by atoms with Crippen molar-refractivity contribution in [3.63, 3.8) is 0 Å². The molecule has 0 aliphatic carbocycles. The van der Waals surface area contributed by atoms with Gasteiger partial charge in [-0.3, -0.25) is 4.79 Å². The molecule has 0 radical (unpaired) electrons. The van der Waals surface area contributed by atoms with Crippen molar-refractivity contribution in [2.75, 3.05) is 16.4 Å². The summed E-state index contributed by atoms with van der Waals surface area (Å²) < 4.78 is 1.07. The minimum absolute atomic E-state index is 0.0534. The van der Waals surface area contributed by atoms with Crippen molar-refractivity contribution in [2.45, 2.75) is 19.8 Å². The Bertz CT molecular complexity index is 728. The molecule has 0 bridgehead atoms. The van der Waals surface area contributed by atoms with Crippen LogP contribution in [0.15, 0.2) is 34.8 Å². The van der Waals surface area contributed by atoms with Gasteiger partial charge in [0.05, 0.1) is 11.4 Å². The van der Waals surface area contributed by atoms with E-state index in [1.165, 1.54) is 0 Å². The van der Waals surface area contributed by atoms with Crippen molar-refractivity contribution in [1.29, 1.82) is 0 Å². The second kappa shape index (κ2) is 5.41. The summed E-state index contributed by atoms with van der Waals surface area (Å²) >= 11 is 3.49. The van der Waals surface area contributed by atoms with Gasteiger partial charge < -0.3 is 16.4 Å². The number of nitrogen functional groups attached to an aromatic ring is 1. The summed E-state index contributed by atoms with van der Waals surface area (Å²) in [5.41, 5.74) is 11.6. The summed E-state index contributed by atoms with van der Waals surface area (Å²) in [6.07, 6.45) is 1.26. The lowest BCUT2D eigenvalue weighted by atomic mass is 10.0.